The largest absolute Gasteiger partial charge is 0.381 e. The lowest BCUT2D eigenvalue weighted by Crippen LogP contribution is -2.00. The highest BCUT2D eigenvalue weighted by Crippen LogP contribution is 2.38. The van der Waals surface area contributed by atoms with Crippen molar-refractivity contribution in [3.63, 3.8) is 0 Å². The van der Waals surface area contributed by atoms with Gasteiger partial charge in [-0.05, 0) is 26.2 Å². The van der Waals surface area contributed by atoms with Crippen LogP contribution in [0.2, 0.25) is 0 Å². The van der Waals surface area contributed by atoms with Crippen LogP contribution in [0.15, 0.2) is 10.7 Å². The van der Waals surface area contributed by atoms with Crippen molar-refractivity contribution in [1.29, 1.82) is 0 Å². The molecule has 2 aromatic heterocycles. The molecule has 20 heavy (non-hydrogen) atoms. The Morgan fingerprint density at radius 1 is 1.10 bits per heavy atom. The van der Waals surface area contributed by atoms with Crippen LogP contribution in [0.1, 0.15) is 48.4 Å². The molecule has 3 heterocycles. The van der Waals surface area contributed by atoms with Crippen LogP contribution in [-0.2, 0) is 4.74 Å². The van der Waals surface area contributed by atoms with Crippen molar-refractivity contribution in [1.82, 2.24) is 20.1 Å². The molecule has 0 N–H and O–H groups in total. The molecular weight excluding hydrogens is 256 g/mol. The van der Waals surface area contributed by atoms with Crippen LogP contribution < -0.4 is 0 Å². The average Bonchev–Trinajstić information content (AvgIpc) is 2.97. The monoisotopic (exact) mass is 272 g/mol. The highest BCUT2D eigenvalue weighted by atomic mass is 16.5. The predicted molar refractivity (Wildman–Crippen MR) is 70.2 cm³/mol. The Labute approximate surface area is 116 Å². The van der Waals surface area contributed by atoms with E-state index >= 15 is 0 Å². The Balaban J connectivity index is 1.63. The molecule has 1 aliphatic carbocycles. The first-order valence-electron chi connectivity index (χ1n) is 7.06. The minimum Gasteiger partial charge on any atom is -0.381 e. The number of aryl methyl sites for hydroxylation is 1. The van der Waals surface area contributed by atoms with Crippen molar-refractivity contribution in [2.75, 3.05) is 13.2 Å². The van der Waals surface area contributed by atoms with Crippen LogP contribution in [0.5, 0.6) is 0 Å². The topological polar surface area (TPSA) is 73.9 Å². The molecule has 2 fully saturated rings. The van der Waals surface area contributed by atoms with Gasteiger partial charge in [0.05, 0.1) is 17.9 Å². The molecule has 4 rings (SSSR count). The van der Waals surface area contributed by atoms with E-state index in [1.807, 2.05) is 6.92 Å². The summed E-state index contributed by atoms with van der Waals surface area (Å²) in [7, 11) is 0. The van der Waals surface area contributed by atoms with Gasteiger partial charge in [-0.3, -0.25) is 0 Å². The molecule has 1 atom stereocenters. The van der Waals surface area contributed by atoms with Gasteiger partial charge in [0.2, 0.25) is 0 Å². The zero-order valence-corrected chi connectivity index (χ0v) is 11.4. The van der Waals surface area contributed by atoms with Gasteiger partial charge in [0.25, 0.3) is 5.89 Å². The molecule has 2 aliphatic rings. The molecule has 0 amide bonds. The van der Waals surface area contributed by atoms with E-state index in [0.29, 0.717) is 18.4 Å². The SMILES string of the molecule is Cc1nc(C2CC2)ncc1-c1nc([C@H]2CCOC2)no1. The summed E-state index contributed by atoms with van der Waals surface area (Å²) in [5, 5.41) is 4.06. The third kappa shape index (κ3) is 2.10. The minimum atomic E-state index is 0.250. The Morgan fingerprint density at radius 3 is 2.70 bits per heavy atom. The lowest BCUT2D eigenvalue weighted by molar-refractivity contribution is 0.192. The smallest absolute Gasteiger partial charge is 0.261 e. The third-order valence-corrected chi connectivity index (χ3v) is 3.91. The van der Waals surface area contributed by atoms with Gasteiger partial charge in [0.1, 0.15) is 5.82 Å². The number of nitrogens with zero attached hydrogens (tertiary/aromatic N) is 4. The summed E-state index contributed by atoms with van der Waals surface area (Å²) in [5.41, 5.74) is 1.73. The highest BCUT2D eigenvalue weighted by molar-refractivity contribution is 5.54. The molecule has 1 saturated heterocycles. The van der Waals surface area contributed by atoms with Crippen LogP contribution in [0.25, 0.3) is 11.5 Å². The van der Waals surface area contributed by atoms with Crippen molar-refractivity contribution in [3.05, 3.63) is 23.5 Å². The van der Waals surface area contributed by atoms with Crippen molar-refractivity contribution in [3.8, 4) is 11.5 Å². The van der Waals surface area contributed by atoms with E-state index < -0.39 is 0 Å². The zero-order valence-electron chi connectivity index (χ0n) is 11.4. The van der Waals surface area contributed by atoms with Crippen molar-refractivity contribution in [2.45, 2.75) is 38.0 Å². The maximum atomic E-state index is 5.36. The number of hydrogen-bond donors (Lipinski definition) is 0. The van der Waals surface area contributed by atoms with E-state index in [2.05, 4.69) is 20.1 Å². The maximum Gasteiger partial charge on any atom is 0.261 e. The molecular formula is C14H16N4O2. The Kier molecular flexibility index (Phi) is 2.77. The summed E-state index contributed by atoms with van der Waals surface area (Å²) in [4.78, 5) is 13.5. The van der Waals surface area contributed by atoms with Gasteiger partial charge >= 0.3 is 0 Å². The Bertz CT molecular complexity index is 630. The molecule has 2 aromatic rings. The summed E-state index contributed by atoms with van der Waals surface area (Å²) >= 11 is 0. The summed E-state index contributed by atoms with van der Waals surface area (Å²) in [5.74, 6) is 2.97. The first-order valence-corrected chi connectivity index (χ1v) is 7.06. The van der Waals surface area contributed by atoms with Gasteiger partial charge in [0.15, 0.2) is 5.82 Å². The average molecular weight is 272 g/mol. The van der Waals surface area contributed by atoms with E-state index in [9.17, 15) is 0 Å². The fraction of sp³-hybridized carbons (Fsp3) is 0.571. The summed E-state index contributed by atoms with van der Waals surface area (Å²) < 4.78 is 10.7. The van der Waals surface area contributed by atoms with E-state index in [4.69, 9.17) is 9.26 Å². The summed E-state index contributed by atoms with van der Waals surface area (Å²) in [6, 6.07) is 0. The predicted octanol–water partition coefficient (Wildman–Crippen LogP) is 2.22. The first kappa shape index (κ1) is 12.0. The molecule has 6 nitrogen and oxygen atoms in total. The highest BCUT2D eigenvalue weighted by Gasteiger charge is 2.28. The molecule has 1 saturated carbocycles. The lowest BCUT2D eigenvalue weighted by atomic mass is 10.1. The second-order valence-electron chi connectivity index (χ2n) is 5.52. The standard InChI is InChI=1S/C14H16N4O2/c1-8-11(6-15-12(16-8)9-2-3-9)14-17-13(18-20-14)10-4-5-19-7-10/h6,9-10H,2-5,7H2,1H3/t10-/m0/s1. The third-order valence-electron chi connectivity index (χ3n) is 3.91. The van der Waals surface area contributed by atoms with E-state index in [1.54, 1.807) is 6.20 Å². The van der Waals surface area contributed by atoms with Crippen LogP contribution >= 0.6 is 0 Å². The molecule has 0 radical (unpaired) electrons. The lowest BCUT2D eigenvalue weighted by Gasteiger charge is -2.02. The Morgan fingerprint density at radius 2 is 2.00 bits per heavy atom. The summed E-state index contributed by atoms with van der Waals surface area (Å²) in [6.07, 6.45) is 5.16. The minimum absolute atomic E-state index is 0.250. The van der Waals surface area contributed by atoms with Crippen molar-refractivity contribution < 1.29 is 9.26 Å². The number of aromatic nitrogens is 4. The molecule has 0 unspecified atom stereocenters. The van der Waals surface area contributed by atoms with E-state index in [-0.39, 0.29) is 5.92 Å². The molecule has 104 valence electrons. The molecule has 6 heteroatoms. The fourth-order valence-corrected chi connectivity index (χ4v) is 2.48. The van der Waals surface area contributed by atoms with Gasteiger partial charge in [-0.1, -0.05) is 5.16 Å². The quantitative estimate of drug-likeness (QED) is 0.853. The zero-order chi connectivity index (χ0) is 13.5. The van der Waals surface area contributed by atoms with Crippen LogP contribution in [0.3, 0.4) is 0 Å². The maximum absolute atomic E-state index is 5.36. The van der Waals surface area contributed by atoms with Gasteiger partial charge in [-0.15, -0.1) is 0 Å². The van der Waals surface area contributed by atoms with Crippen LogP contribution in [0, 0.1) is 6.92 Å². The van der Waals surface area contributed by atoms with E-state index in [1.165, 1.54) is 12.8 Å². The van der Waals surface area contributed by atoms with Gasteiger partial charge in [-0.25, -0.2) is 9.97 Å². The summed E-state index contributed by atoms with van der Waals surface area (Å²) in [6.45, 7) is 3.41. The molecule has 0 spiro atoms. The molecule has 0 bridgehead atoms. The van der Waals surface area contributed by atoms with Crippen molar-refractivity contribution in [2.24, 2.45) is 0 Å². The van der Waals surface area contributed by atoms with Crippen LogP contribution in [-0.4, -0.2) is 33.3 Å². The number of rotatable bonds is 3. The van der Waals surface area contributed by atoms with Gasteiger partial charge < -0.3 is 9.26 Å². The van der Waals surface area contributed by atoms with Gasteiger partial charge in [-0.2, -0.15) is 4.98 Å². The van der Waals surface area contributed by atoms with E-state index in [0.717, 1.165) is 35.9 Å². The second kappa shape index (κ2) is 4.63. The van der Waals surface area contributed by atoms with Crippen LogP contribution in [0.4, 0.5) is 0 Å². The normalized spacial score (nSPS) is 22.4. The van der Waals surface area contributed by atoms with Gasteiger partial charge in [0, 0.05) is 24.6 Å². The molecule has 1 aliphatic heterocycles. The Hall–Kier alpha value is -1.82. The molecule has 0 aromatic carbocycles. The van der Waals surface area contributed by atoms with Crippen molar-refractivity contribution >= 4 is 0 Å². The second-order valence-corrected chi connectivity index (χ2v) is 5.52. The fourth-order valence-electron chi connectivity index (χ4n) is 2.48. The number of hydrogen-bond acceptors (Lipinski definition) is 6. The number of ether oxygens (including phenoxy) is 1. The first-order chi connectivity index (χ1) is 9.81.